The number of hydrogen-bond acceptors (Lipinski definition) is 4. The SMILES string of the molecule is O=C(NCc1nnc2n1CCC2)c1cc2c(s1)CCCCCC2. The minimum atomic E-state index is 0.0251. The Balaban J connectivity index is 1.43. The van der Waals surface area contributed by atoms with Gasteiger partial charge in [0.15, 0.2) is 5.82 Å². The standard InChI is InChI=1S/C17H22N4OS/c22-17(18-11-16-20-19-15-8-5-9-21(15)16)14-10-12-6-3-1-2-4-7-13(12)23-14/h10H,1-9,11H2,(H,18,22). The van der Waals surface area contributed by atoms with Crippen LogP contribution in [0, 0.1) is 0 Å². The number of carbonyl (C=O) groups is 1. The fourth-order valence-electron chi connectivity index (χ4n) is 3.54. The smallest absolute Gasteiger partial charge is 0.261 e. The molecule has 5 nitrogen and oxygen atoms in total. The topological polar surface area (TPSA) is 59.8 Å². The Hall–Kier alpha value is -1.69. The number of nitrogens with one attached hydrogen (secondary N) is 1. The van der Waals surface area contributed by atoms with E-state index in [1.807, 2.05) is 0 Å². The molecule has 2 aromatic rings. The third kappa shape index (κ3) is 3.04. The van der Waals surface area contributed by atoms with Gasteiger partial charge in [0.2, 0.25) is 0 Å². The minimum absolute atomic E-state index is 0.0251. The first-order chi connectivity index (χ1) is 11.3. The summed E-state index contributed by atoms with van der Waals surface area (Å²) in [6, 6.07) is 2.11. The summed E-state index contributed by atoms with van der Waals surface area (Å²) in [5.74, 6) is 1.95. The lowest BCUT2D eigenvalue weighted by atomic mass is 10.00. The zero-order valence-electron chi connectivity index (χ0n) is 13.3. The molecule has 4 rings (SSSR count). The first-order valence-electron chi connectivity index (χ1n) is 8.62. The van der Waals surface area contributed by atoms with Gasteiger partial charge in [-0.2, -0.15) is 0 Å². The van der Waals surface area contributed by atoms with Gasteiger partial charge in [-0.25, -0.2) is 0 Å². The van der Waals surface area contributed by atoms with Gasteiger partial charge in [-0.05, 0) is 43.7 Å². The van der Waals surface area contributed by atoms with Crippen LogP contribution in [0.1, 0.15) is 63.9 Å². The van der Waals surface area contributed by atoms with Crippen molar-refractivity contribution in [3.05, 3.63) is 33.0 Å². The van der Waals surface area contributed by atoms with Gasteiger partial charge >= 0.3 is 0 Å². The highest BCUT2D eigenvalue weighted by atomic mass is 32.1. The van der Waals surface area contributed by atoms with E-state index in [0.29, 0.717) is 6.54 Å². The number of amides is 1. The van der Waals surface area contributed by atoms with Crippen molar-refractivity contribution in [1.82, 2.24) is 20.1 Å². The first-order valence-corrected chi connectivity index (χ1v) is 9.43. The maximum atomic E-state index is 12.5. The van der Waals surface area contributed by atoms with Crippen molar-refractivity contribution in [2.45, 2.75) is 64.5 Å². The summed E-state index contributed by atoms with van der Waals surface area (Å²) in [7, 11) is 0. The molecule has 2 aromatic heterocycles. The number of nitrogens with zero attached hydrogens (tertiary/aromatic N) is 3. The second kappa shape index (κ2) is 6.43. The Morgan fingerprint density at radius 2 is 2.00 bits per heavy atom. The van der Waals surface area contributed by atoms with Gasteiger partial charge in [0.25, 0.3) is 5.91 Å². The highest BCUT2D eigenvalue weighted by molar-refractivity contribution is 7.14. The number of aryl methyl sites for hydroxylation is 3. The molecule has 0 aromatic carbocycles. The molecule has 1 aliphatic carbocycles. The Morgan fingerprint density at radius 1 is 1.13 bits per heavy atom. The van der Waals surface area contributed by atoms with Gasteiger partial charge in [-0.3, -0.25) is 4.79 Å². The average molecular weight is 330 g/mol. The molecule has 0 spiro atoms. The summed E-state index contributed by atoms with van der Waals surface area (Å²) in [5, 5.41) is 11.4. The number of hydrogen-bond donors (Lipinski definition) is 1. The van der Waals surface area contributed by atoms with Crippen molar-refractivity contribution >= 4 is 17.2 Å². The van der Waals surface area contributed by atoms with Crippen molar-refractivity contribution in [2.75, 3.05) is 0 Å². The van der Waals surface area contributed by atoms with Gasteiger partial charge < -0.3 is 9.88 Å². The van der Waals surface area contributed by atoms with Crippen LogP contribution in [0.2, 0.25) is 0 Å². The van der Waals surface area contributed by atoms with Gasteiger partial charge in [0, 0.05) is 17.8 Å². The van der Waals surface area contributed by atoms with E-state index in [0.717, 1.165) is 48.8 Å². The van der Waals surface area contributed by atoms with Crippen LogP contribution in [0.5, 0.6) is 0 Å². The maximum absolute atomic E-state index is 12.5. The maximum Gasteiger partial charge on any atom is 0.261 e. The Bertz CT molecular complexity index is 693. The second-order valence-electron chi connectivity index (χ2n) is 6.44. The van der Waals surface area contributed by atoms with Crippen LogP contribution in [0.15, 0.2) is 6.07 Å². The predicted molar refractivity (Wildman–Crippen MR) is 89.7 cm³/mol. The minimum Gasteiger partial charge on any atom is -0.344 e. The molecule has 0 radical (unpaired) electrons. The second-order valence-corrected chi connectivity index (χ2v) is 7.58. The fraction of sp³-hybridized carbons (Fsp3) is 0.588. The number of thiophene rings is 1. The summed E-state index contributed by atoms with van der Waals surface area (Å²) >= 11 is 1.67. The Labute approximate surface area is 140 Å². The highest BCUT2D eigenvalue weighted by Crippen LogP contribution is 2.28. The average Bonchev–Trinajstić information content (AvgIpc) is 3.21. The summed E-state index contributed by atoms with van der Waals surface area (Å²) in [6.07, 6.45) is 9.51. The lowest BCUT2D eigenvalue weighted by Crippen LogP contribution is -2.23. The summed E-state index contributed by atoms with van der Waals surface area (Å²) in [5.41, 5.74) is 1.39. The molecular formula is C17H22N4OS. The van der Waals surface area contributed by atoms with Crippen LogP contribution in [0.4, 0.5) is 0 Å². The van der Waals surface area contributed by atoms with E-state index < -0.39 is 0 Å². The van der Waals surface area contributed by atoms with E-state index in [1.54, 1.807) is 11.3 Å². The summed E-state index contributed by atoms with van der Waals surface area (Å²) in [6.45, 7) is 1.44. The number of rotatable bonds is 3. The zero-order chi connectivity index (χ0) is 15.6. The normalized spacial score (nSPS) is 17.2. The molecule has 1 N–H and O–H groups in total. The molecule has 0 bridgehead atoms. The Kier molecular flexibility index (Phi) is 4.16. The third-order valence-corrected chi connectivity index (χ3v) is 6.05. The zero-order valence-corrected chi connectivity index (χ0v) is 14.1. The van der Waals surface area contributed by atoms with Crippen LogP contribution < -0.4 is 5.32 Å². The van der Waals surface area contributed by atoms with Gasteiger partial charge in [0.1, 0.15) is 5.82 Å². The summed E-state index contributed by atoms with van der Waals surface area (Å²) in [4.78, 5) is 14.7. The fourth-order valence-corrected chi connectivity index (χ4v) is 4.71. The van der Waals surface area contributed by atoms with Crippen LogP contribution in [-0.2, 0) is 32.4 Å². The lowest BCUT2D eigenvalue weighted by Gasteiger charge is -2.07. The molecular weight excluding hydrogens is 308 g/mol. The van der Waals surface area contributed by atoms with E-state index in [2.05, 4.69) is 26.1 Å². The molecule has 2 aliphatic rings. The van der Waals surface area contributed by atoms with E-state index in [-0.39, 0.29) is 5.91 Å². The molecule has 0 unspecified atom stereocenters. The molecule has 0 saturated heterocycles. The van der Waals surface area contributed by atoms with E-state index >= 15 is 0 Å². The van der Waals surface area contributed by atoms with Crippen molar-refractivity contribution in [1.29, 1.82) is 0 Å². The quantitative estimate of drug-likeness (QED) is 0.941. The molecule has 6 heteroatoms. The van der Waals surface area contributed by atoms with Gasteiger partial charge in [-0.1, -0.05) is 12.8 Å². The van der Waals surface area contributed by atoms with Crippen LogP contribution in [-0.4, -0.2) is 20.7 Å². The lowest BCUT2D eigenvalue weighted by molar-refractivity contribution is 0.0953. The van der Waals surface area contributed by atoms with Crippen molar-refractivity contribution < 1.29 is 4.79 Å². The van der Waals surface area contributed by atoms with Crippen LogP contribution in [0.25, 0.3) is 0 Å². The predicted octanol–water partition coefficient (Wildman–Crippen LogP) is 2.87. The molecule has 122 valence electrons. The monoisotopic (exact) mass is 330 g/mol. The molecule has 0 atom stereocenters. The van der Waals surface area contributed by atoms with Crippen LogP contribution >= 0.6 is 11.3 Å². The number of fused-ring (bicyclic) bond motifs is 2. The third-order valence-electron chi connectivity index (χ3n) is 4.81. The van der Waals surface area contributed by atoms with E-state index in [9.17, 15) is 4.79 Å². The first kappa shape index (κ1) is 14.9. The van der Waals surface area contributed by atoms with Crippen LogP contribution in [0.3, 0.4) is 0 Å². The molecule has 23 heavy (non-hydrogen) atoms. The number of aromatic nitrogens is 3. The van der Waals surface area contributed by atoms with Crippen molar-refractivity contribution in [3.63, 3.8) is 0 Å². The highest BCUT2D eigenvalue weighted by Gasteiger charge is 2.19. The van der Waals surface area contributed by atoms with Gasteiger partial charge in [0.05, 0.1) is 11.4 Å². The largest absolute Gasteiger partial charge is 0.344 e. The van der Waals surface area contributed by atoms with Crippen molar-refractivity contribution in [3.8, 4) is 0 Å². The molecule has 1 amide bonds. The molecule has 0 saturated carbocycles. The van der Waals surface area contributed by atoms with Crippen molar-refractivity contribution in [2.24, 2.45) is 0 Å². The number of carbonyl (C=O) groups excluding carboxylic acids is 1. The Morgan fingerprint density at radius 3 is 2.91 bits per heavy atom. The van der Waals surface area contributed by atoms with Gasteiger partial charge in [-0.15, -0.1) is 21.5 Å². The molecule has 3 heterocycles. The summed E-state index contributed by atoms with van der Waals surface area (Å²) < 4.78 is 2.13. The van der Waals surface area contributed by atoms with E-state index in [4.69, 9.17) is 0 Å². The molecule has 1 aliphatic heterocycles. The molecule has 0 fully saturated rings. The van der Waals surface area contributed by atoms with E-state index in [1.165, 1.54) is 36.1 Å².